The van der Waals surface area contributed by atoms with E-state index in [1.165, 1.54) is 0 Å². The van der Waals surface area contributed by atoms with Crippen LogP contribution in [0.3, 0.4) is 0 Å². The lowest BCUT2D eigenvalue weighted by Crippen LogP contribution is -2.41. The van der Waals surface area contributed by atoms with Gasteiger partial charge in [-0.3, -0.25) is 0 Å². The van der Waals surface area contributed by atoms with Gasteiger partial charge in [-0.1, -0.05) is 33.6 Å². The number of benzene rings is 1. The molecule has 1 heterocycles. The molecule has 0 saturated carbocycles. The SMILES string of the molecule is COc1c(Cl)cc(B2OC(C)(C)C(C)(C)O2)cc1CBr. The van der Waals surface area contributed by atoms with Crippen molar-refractivity contribution in [1.82, 2.24) is 0 Å². The first-order valence-electron chi connectivity index (χ1n) is 6.50. The maximum Gasteiger partial charge on any atom is 0.494 e. The van der Waals surface area contributed by atoms with Crippen molar-refractivity contribution in [1.29, 1.82) is 0 Å². The Kier molecular flexibility index (Phi) is 4.46. The third kappa shape index (κ3) is 2.73. The third-order valence-corrected chi connectivity index (χ3v) is 4.90. The van der Waals surface area contributed by atoms with Gasteiger partial charge in [0.05, 0.1) is 23.3 Å². The molecule has 0 aliphatic carbocycles. The van der Waals surface area contributed by atoms with Crippen LogP contribution in [-0.2, 0) is 14.6 Å². The van der Waals surface area contributed by atoms with E-state index < -0.39 is 7.12 Å². The maximum absolute atomic E-state index is 6.28. The molecule has 0 aromatic heterocycles. The van der Waals surface area contributed by atoms with Gasteiger partial charge in [0.1, 0.15) is 5.75 Å². The average Bonchev–Trinajstić information content (AvgIpc) is 2.57. The van der Waals surface area contributed by atoms with Crippen LogP contribution >= 0.6 is 27.5 Å². The first-order chi connectivity index (χ1) is 9.21. The molecule has 0 unspecified atom stereocenters. The molecule has 1 saturated heterocycles. The molecule has 1 aromatic carbocycles. The molecule has 0 spiro atoms. The van der Waals surface area contributed by atoms with Crippen LogP contribution < -0.4 is 10.2 Å². The number of rotatable bonds is 3. The molecular formula is C14H19BBrClO3. The number of methoxy groups -OCH3 is 1. The first-order valence-corrected chi connectivity index (χ1v) is 7.99. The van der Waals surface area contributed by atoms with Gasteiger partial charge in [0, 0.05) is 10.9 Å². The second kappa shape index (κ2) is 5.52. The van der Waals surface area contributed by atoms with Gasteiger partial charge in [0.15, 0.2) is 0 Å². The van der Waals surface area contributed by atoms with Crippen LogP contribution in [0.5, 0.6) is 5.75 Å². The minimum absolute atomic E-state index is 0.362. The topological polar surface area (TPSA) is 27.7 Å². The molecule has 2 rings (SSSR count). The Morgan fingerprint density at radius 2 is 1.75 bits per heavy atom. The molecule has 1 aliphatic heterocycles. The summed E-state index contributed by atoms with van der Waals surface area (Å²) in [5.74, 6) is 0.684. The van der Waals surface area contributed by atoms with E-state index in [1.807, 2.05) is 39.8 Å². The molecule has 1 fully saturated rings. The zero-order chi connectivity index (χ0) is 15.1. The molecule has 1 aromatic rings. The summed E-state index contributed by atoms with van der Waals surface area (Å²) in [4.78, 5) is 0. The summed E-state index contributed by atoms with van der Waals surface area (Å²) in [5, 5.41) is 1.22. The highest BCUT2D eigenvalue weighted by Gasteiger charge is 2.51. The number of hydrogen-bond acceptors (Lipinski definition) is 3. The van der Waals surface area contributed by atoms with Crippen LogP contribution in [0.25, 0.3) is 0 Å². The molecule has 1 aliphatic rings. The van der Waals surface area contributed by atoms with E-state index >= 15 is 0 Å². The van der Waals surface area contributed by atoms with Gasteiger partial charge in [0.2, 0.25) is 0 Å². The summed E-state index contributed by atoms with van der Waals surface area (Å²) in [6, 6.07) is 3.84. The van der Waals surface area contributed by atoms with Crippen molar-refractivity contribution in [2.24, 2.45) is 0 Å². The predicted molar refractivity (Wildman–Crippen MR) is 86.4 cm³/mol. The summed E-state index contributed by atoms with van der Waals surface area (Å²) < 4.78 is 17.4. The van der Waals surface area contributed by atoms with Gasteiger partial charge in [-0.15, -0.1) is 0 Å². The van der Waals surface area contributed by atoms with Crippen LogP contribution in [0.1, 0.15) is 33.3 Å². The van der Waals surface area contributed by atoms with E-state index in [-0.39, 0.29) is 11.2 Å². The molecule has 6 heteroatoms. The largest absolute Gasteiger partial charge is 0.495 e. The maximum atomic E-state index is 6.28. The molecule has 0 bridgehead atoms. The first kappa shape index (κ1) is 16.2. The lowest BCUT2D eigenvalue weighted by Gasteiger charge is -2.32. The summed E-state index contributed by atoms with van der Waals surface area (Å²) in [7, 11) is 1.20. The number of halogens is 2. The number of hydrogen-bond donors (Lipinski definition) is 0. The quantitative estimate of drug-likeness (QED) is 0.609. The van der Waals surface area contributed by atoms with Crippen molar-refractivity contribution < 1.29 is 14.0 Å². The van der Waals surface area contributed by atoms with Gasteiger partial charge >= 0.3 is 7.12 Å². The Hall–Kier alpha value is -0.225. The lowest BCUT2D eigenvalue weighted by molar-refractivity contribution is 0.00578. The van der Waals surface area contributed by atoms with E-state index in [9.17, 15) is 0 Å². The van der Waals surface area contributed by atoms with Gasteiger partial charge in [-0.2, -0.15) is 0 Å². The van der Waals surface area contributed by atoms with E-state index in [2.05, 4.69) is 15.9 Å². The monoisotopic (exact) mass is 360 g/mol. The van der Waals surface area contributed by atoms with Crippen molar-refractivity contribution in [3.05, 3.63) is 22.7 Å². The second-order valence-corrected chi connectivity index (χ2v) is 6.88. The molecule has 0 N–H and O–H groups in total. The average molecular weight is 361 g/mol. The van der Waals surface area contributed by atoms with Crippen LogP contribution in [0.2, 0.25) is 5.02 Å². The van der Waals surface area contributed by atoms with E-state index in [4.69, 9.17) is 25.6 Å². The van der Waals surface area contributed by atoms with Gasteiger partial charge < -0.3 is 14.0 Å². The molecule has 0 amide bonds. The molecule has 110 valence electrons. The predicted octanol–water partition coefficient (Wildman–Crippen LogP) is 3.54. The fourth-order valence-corrected chi connectivity index (χ4v) is 2.86. The zero-order valence-corrected chi connectivity index (χ0v) is 14.8. The summed E-state index contributed by atoms with van der Waals surface area (Å²) in [5.41, 5.74) is 1.16. The molecule has 0 radical (unpaired) electrons. The zero-order valence-electron chi connectivity index (χ0n) is 12.4. The molecule has 0 atom stereocenters. The Bertz CT molecular complexity index is 503. The minimum Gasteiger partial charge on any atom is -0.495 e. The van der Waals surface area contributed by atoms with Gasteiger partial charge in [-0.05, 0) is 39.2 Å². The number of ether oxygens (including phenoxy) is 1. The normalized spacial score (nSPS) is 20.2. The Balaban J connectivity index is 2.38. The summed E-state index contributed by atoms with van der Waals surface area (Å²) in [6.07, 6.45) is 0. The highest BCUT2D eigenvalue weighted by Crippen LogP contribution is 2.37. The van der Waals surface area contributed by atoms with E-state index in [0.29, 0.717) is 16.1 Å². The standard InChI is InChI=1S/C14H19BBrClO3/c1-13(2)14(3,4)20-15(19-13)10-6-9(8-16)12(18-5)11(17)7-10/h6-7H,8H2,1-5H3. The van der Waals surface area contributed by atoms with Crippen LogP contribution in [0, 0.1) is 0 Å². The highest BCUT2D eigenvalue weighted by molar-refractivity contribution is 9.08. The fourth-order valence-electron chi connectivity index (χ4n) is 2.12. The van der Waals surface area contributed by atoms with Crippen molar-refractivity contribution in [2.75, 3.05) is 7.11 Å². The Morgan fingerprint density at radius 1 is 1.20 bits per heavy atom. The van der Waals surface area contributed by atoms with Crippen molar-refractivity contribution in [2.45, 2.75) is 44.2 Å². The van der Waals surface area contributed by atoms with Crippen LogP contribution in [0.15, 0.2) is 12.1 Å². The molecular weight excluding hydrogens is 342 g/mol. The smallest absolute Gasteiger partial charge is 0.494 e. The van der Waals surface area contributed by atoms with Crippen molar-refractivity contribution >= 4 is 40.1 Å². The number of alkyl halides is 1. The fraction of sp³-hybridized carbons (Fsp3) is 0.571. The Labute approximate surface area is 134 Å². The molecule has 3 nitrogen and oxygen atoms in total. The highest BCUT2D eigenvalue weighted by atomic mass is 79.9. The Morgan fingerprint density at radius 3 is 2.20 bits per heavy atom. The van der Waals surface area contributed by atoms with Gasteiger partial charge in [-0.25, -0.2) is 0 Å². The minimum atomic E-state index is -0.416. The van der Waals surface area contributed by atoms with E-state index in [1.54, 1.807) is 7.11 Å². The van der Waals surface area contributed by atoms with Crippen molar-refractivity contribution in [3.8, 4) is 5.75 Å². The lowest BCUT2D eigenvalue weighted by atomic mass is 9.78. The van der Waals surface area contributed by atoms with Crippen molar-refractivity contribution in [3.63, 3.8) is 0 Å². The molecule has 20 heavy (non-hydrogen) atoms. The van der Waals surface area contributed by atoms with Gasteiger partial charge in [0.25, 0.3) is 0 Å². The van der Waals surface area contributed by atoms with Crippen LogP contribution in [0.4, 0.5) is 0 Å². The summed E-state index contributed by atoms with van der Waals surface area (Å²) >= 11 is 9.73. The van der Waals surface area contributed by atoms with E-state index in [0.717, 1.165) is 11.0 Å². The van der Waals surface area contributed by atoms with Crippen LogP contribution in [-0.4, -0.2) is 25.4 Å². The summed E-state index contributed by atoms with van der Waals surface area (Å²) in [6.45, 7) is 8.13. The second-order valence-electron chi connectivity index (χ2n) is 5.92. The third-order valence-electron chi connectivity index (χ3n) is 4.02.